The van der Waals surface area contributed by atoms with Crippen molar-refractivity contribution in [2.24, 2.45) is 0 Å². The molecule has 1 rings (SSSR count). The summed E-state index contributed by atoms with van der Waals surface area (Å²) in [7, 11) is 0. The first kappa shape index (κ1) is 11.8. The number of aliphatic carboxylic acids is 1. The summed E-state index contributed by atoms with van der Waals surface area (Å²) >= 11 is 3.39. The fourth-order valence-electron chi connectivity index (χ4n) is 1.04. The van der Waals surface area contributed by atoms with E-state index < -0.39 is 5.97 Å². The highest BCUT2D eigenvalue weighted by molar-refractivity contribution is 9.10. The SMILES string of the molecule is C=C(CNc1ccc(Br)c(C)c1)C(=O)O. The molecule has 1 aromatic carbocycles. The molecule has 0 amide bonds. The minimum Gasteiger partial charge on any atom is -0.478 e. The first-order valence-electron chi connectivity index (χ1n) is 4.42. The molecule has 0 aliphatic carbocycles. The van der Waals surface area contributed by atoms with E-state index in [1.165, 1.54) is 0 Å². The summed E-state index contributed by atoms with van der Waals surface area (Å²) in [6, 6.07) is 5.74. The van der Waals surface area contributed by atoms with Crippen LogP contribution in [0.2, 0.25) is 0 Å². The average molecular weight is 270 g/mol. The Balaban J connectivity index is 2.62. The number of nitrogens with one attached hydrogen (secondary N) is 1. The van der Waals surface area contributed by atoms with E-state index in [4.69, 9.17) is 5.11 Å². The normalized spacial score (nSPS) is 9.73. The maximum Gasteiger partial charge on any atom is 0.332 e. The molecule has 15 heavy (non-hydrogen) atoms. The molecule has 0 aromatic heterocycles. The Morgan fingerprint density at radius 3 is 2.80 bits per heavy atom. The summed E-state index contributed by atoms with van der Waals surface area (Å²) in [5, 5.41) is 11.6. The van der Waals surface area contributed by atoms with Gasteiger partial charge in [-0.1, -0.05) is 22.5 Å². The number of aryl methyl sites for hydroxylation is 1. The third-order valence-electron chi connectivity index (χ3n) is 1.97. The molecule has 80 valence electrons. The zero-order valence-electron chi connectivity index (χ0n) is 8.38. The van der Waals surface area contributed by atoms with Crippen molar-refractivity contribution in [3.8, 4) is 0 Å². The van der Waals surface area contributed by atoms with E-state index >= 15 is 0 Å². The van der Waals surface area contributed by atoms with Crippen molar-refractivity contribution in [2.75, 3.05) is 11.9 Å². The smallest absolute Gasteiger partial charge is 0.332 e. The Labute approximate surface area is 96.9 Å². The highest BCUT2D eigenvalue weighted by Crippen LogP contribution is 2.19. The number of benzene rings is 1. The fourth-order valence-corrected chi connectivity index (χ4v) is 1.29. The van der Waals surface area contributed by atoms with Gasteiger partial charge in [-0.15, -0.1) is 0 Å². The minimum atomic E-state index is -0.976. The molecule has 0 saturated heterocycles. The molecular formula is C11H12BrNO2. The Hall–Kier alpha value is -1.29. The van der Waals surface area contributed by atoms with E-state index in [1.54, 1.807) is 0 Å². The van der Waals surface area contributed by atoms with Crippen LogP contribution in [0.3, 0.4) is 0 Å². The van der Waals surface area contributed by atoms with Gasteiger partial charge in [0.25, 0.3) is 0 Å². The Bertz CT molecular complexity index is 402. The van der Waals surface area contributed by atoms with Gasteiger partial charge in [-0.2, -0.15) is 0 Å². The van der Waals surface area contributed by atoms with E-state index in [1.807, 2.05) is 25.1 Å². The number of hydrogen-bond donors (Lipinski definition) is 2. The van der Waals surface area contributed by atoms with Crippen LogP contribution in [0, 0.1) is 6.92 Å². The maximum absolute atomic E-state index is 10.5. The highest BCUT2D eigenvalue weighted by atomic mass is 79.9. The number of hydrogen-bond acceptors (Lipinski definition) is 2. The molecule has 0 saturated carbocycles. The predicted octanol–water partition coefficient (Wildman–Crippen LogP) is 2.81. The van der Waals surface area contributed by atoms with E-state index in [9.17, 15) is 4.79 Å². The minimum absolute atomic E-state index is 0.149. The topological polar surface area (TPSA) is 49.3 Å². The maximum atomic E-state index is 10.5. The standard InChI is InChI=1S/C11H12BrNO2/c1-7-5-9(3-4-10(7)12)13-6-8(2)11(14)15/h3-5,13H,2,6H2,1H3,(H,14,15). The first-order valence-corrected chi connectivity index (χ1v) is 5.21. The van der Waals surface area contributed by atoms with Crippen LogP contribution in [0.25, 0.3) is 0 Å². The number of carboxylic acids is 1. The summed E-state index contributed by atoms with van der Waals surface area (Å²) in [6.45, 7) is 5.66. The van der Waals surface area contributed by atoms with E-state index in [-0.39, 0.29) is 12.1 Å². The molecule has 0 heterocycles. The van der Waals surface area contributed by atoms with Crippen molar-refractivity contribution < 1.29 is 9.90 Å². The molecular weight excluding hydrogens is 258 g/mol. The van der Waals surface area contributed by atoms with Gasteiger partial charge in [0.15, 0.2) is 0 Å². The van der Waals surface area contributed by atoms with Gasteiger partial charge < -0.3 is 10.4 Å². The average Bonchev–Trinajstić information content (AvgIpc) is 2.19. The van der Waals surface area contributed by atoms with Crippen LogP contribution in [0.1, 0.15) is 5.56 Å². The molecule has 0 radical (unpaired) electrons. The van der Waals surface area contributed by atoms with Gasteiger partial charge in [-0.3, -0.25) is 0 Å². The number of halogens is 1. The molecule has 0 aliphatic heterocycles. The van der Waals surface area contributed by atoms with Crippen molar-refractivity contribution >= 4 is 27.6 Å². The molecule has 1 aromatic rings. The summed E-state index contributed by atoms with van der Waals surface area (Å²) in [5.74, 6) is -0.976. The lowest BCUT2D eigenvalue weighted by atomic mass is 10.2. The largest absolute Gasteiger partial charge is 0.478 e. The van der Waals surface area contributed by atoms with E-state index in [2.05, 4.69) is 27.8 Å². The molecule has 4 heteroatoms. The zero-order chi connectivity index (χ0) is 11.4. The van der Waals surface area contributed by atoms with Gasteiger partial charge in [0, 0.05) is 22.3 Å². The fraction of sp³-hybridized carbons (Fsp3) is 0.182. The molecule has 0 unspecified atom stereocenters. The van der Waals surface area contributed by atoms with Gasteiger partial charge in [0.2, 0.25) is 0 Å². The summed E-state index contributed by atoms with van der Waals surface area (Å²) in [4.78, 5) is 10.5. The zero-order valence-corrected chi connectivity index (χ0v) is 9.97. The first-order chi connectivity index (χ1) is 7.00. The van der Waals surface area contributed by atoms with Crippen molar-refractivity contribution in [3.05, 3.63) is 40.4 Å². The van der Waals surface area contributed by atoms with Gasteiger partial charge in [0.05, 0.1) is 0 Å². The molecule has 3 nitrogen and oxygen atoms in total. The van der Waals surface area contributed by atoms with Crippen LogP contribution in [0.4, 0.5) is 5.69 Å². The quantitative estimate of drug-likeness (QED) is 0.827. The number of anilines is 1. The second-order valence-electron chi connectivity index (χ2n) is 3.23. The van der Waals surface area contributed by atoms with E-state index in [0.717, 1.165) is 15.7 Å². The van der Waals surface area contributed by atoms with Crippen molar-refractivity contribution in [1.82, 2.24) is 0 Å². The van der Waals surface area contributed by atoms with Crippen LogP contribution >= 0.6 is 15.9 Å². The molecule has 0 bridgehead atoms. The van der Waals surface area contributed by atoms with Crippen LogP contribution in [-0.2, 0) is 4.79 Å². The molecule has 0 fully saturated rings. The van der Waals surface area contributed by atoms with Crippen LogP contribution in [0.15, 0.2) is 34.8 Å². The Morgan fingerprint density at radius 2 is 2.27 bits per heavy atom. The second-order valence-corrected chi connectivity index (χ2v) is 4.08. The van der Waals surface area contributed by atoms with Crippen LogP contribution in [-0.4, -0.2) is 17.6 Å². The summed E-state index contributed by atoms with van der Waals surface area (Å²) in [5.41, 5.74) is 2.13. The monoisotopic (exact) mass is 269 g/mol. The number of carbonyl (C=O) groups is 1. The lowest BCUT2D eigenvalue weighted by Gasteiger charge is -2.07. The lowest BCUT2D eigenvalue weighted by Crippen LogP contribution is -2.11. The number of carboxylic acid groups (broad SMARTS) is 1. The highest BCUT2D eigenvalue weighted by Gasteiger charge is 2.03. The van der Waals surface area contributed by atoms with Crippen LogP contribution in [0.5, 0.6) is 0 Å². The van der Waals surface area contributed by atoms with Gasteiger partial charge in [0.1, 0.15) is 0 Å². The second kappa shape index (κ2) is 4.98. The molecule has 0 atom stereocenters. The Morgan fingerprint density at radius 1 is 1.60 bits per heavy atom. The third-order valence-corrected chi connectivity index (χ3v) is 2.86. The van der Waals surface area contributed by atoms with Crippen molar-refractivity contribution in [3.63, 3.8) is 0 Å². The summed E-state index contributed by atoms with van der Waals surface area (Å²) < 4.78 is 1.03. The molecule has 0 spiro atoms. The summed E-state index contributed by atoms with van der Waals surface area (Å²) in [6.07, 6.45) is 0. The predicted molar refractivity (Wildman–Crippen MR) is 64.1 cm³/mol. The Kier molecular flexibility index (Phi) is 3.91. The van der Waals surface area contributed by atoms with Gasteiger partial charge in [-0.05, 0) is 30.7 Å². The van der Waals surface area contributed by atoms with E-state index in [0.29, 0.717) is 0 Å². The third kappa shape index (κ3) is 3.40. The van der Waals surface area contributed by atoms with Crippen molar-refractivity contribution in [1.29, 1.82) is 0 Å². The van der Waals surface area contributed by atoms with Crippen LogP contribution < -0.4 is 5.32 Å². The molecule has 0 aliphatic rings. The lowest BCUT2D eigenvalue weighted by molar-refractivity contribution is -0.132. The molecule has 2 N–H and O–H groups in total. The van der Waals surface area contributed by atoms with Gasteiger partial charge in [-0.25, -0.2) is 4.79 Å². The van der Waals surface area contributed by atoms with Crippen molar-refractivity contribution in [2.45, 2.75) is 6.92 Å². The number of rotatable bonds is 4. The van der Waals surface area contributed by atoms with Gasteiger partial charge >= 0.3 is 5.97 Å².